The number of nitrogens with zero attached hydrogens (tertiary/aromatic N) is 3. The number of pyridine rings is 1. The van der Waals surface area contributed by atoms with Gasteiger partial charge < -0.3 is 15.4 Å². The van der Waals surface area contributed by atoms with Crippen LogP contribution in [0.1, 0.15) is 32.3 Å². The number of hydrogen-bond donors (Lipinski definition) is 2. The summed E-state index contributed by atoms with van der Waals surface area (Å²) in [7, 11) is 0. The van der Waals surface area contributed by atoms with Gasteiger partial charge in [0.15, 0.2) is 5.96 Å². The molecular formula is C18H28F3N5O. The Labute approximate surface area is 158 Å². The molecule has 9 heteroatoms. The molecule has 1 aromatic rings. The van der Waals surface area contributed by atoms with Crippen molar-refractivity contribution in [1.82, 2.24) is 20.5 Å². The van der Waals surface area contributed by atoms with Crippen molar-refractivity contribution in [1.29, 1.82) is 0 Å². The van der Waals surface area contributed by atoms with Crippen LogP contribution < -0.4 is 15.4 Å². The highest BCUT2D eigenvalue weighted by Crippen LogP contribution is 2.29. The van der Waals surface area contributed by atoms with Gasteiger partial charge in [-0.2, -0.15) is 13.2 Å². The van der Waals surface area contributed by atoms with Gasteiger partial charge in [0.2, 0.25) is 5.88 Å². The molecule has 0 amide bonds. The van der Waals surface area contributed by atoms with Crippen LogP contribution in [0.25, 0.3) is 0 Å². The molecule has 1 aliphatic heterocycles. The van der Waals surface area contributed by atoms with Crippen molar-refractivity contribution in [2.45, 2.75) is 38.9 Å². The van der Waals surface area contributed by atoms with Gasteiger partial charge in [-0.3, -0.25) is 9.89 Å². The molecule has 1 unspecified atom stereocenters. The lowest BCUT2D eigenvalue weighted by molar-refractivity contribution is -0.137. The molecule has 1 saturated heterocycles. The molecule has 6 nitrogen and oxygen atoms in total. The van der Waals surface area contributed by atoms with Crippen molar-refractivity contribution in [2.75, 3.05) is 39.3 Å². The van der Waals surface area contributed by atoms with Crippen molar-refractivity contribution in [3.8, 4) is 5.88 Å². The maximum atomic E-state index is 12.5. The number of guanidine groups is 1. The topological polar surface area (TPSA) is 61.8 Å². The van der Waals surface area contributed by atoms with Crippen LogP contribution in [0, 0.1) is 0 Å². The summed E-state index contributed by atoms with van der Waals surface area (Å²) in [5.41, 5.74) is -0.789. The second kappa shape index (κ2) is 10.3. The Hall–Kier alpha value is -2.03. The van der Waals surface area contributed by atoms with E-state index in [4.69, 9.17) is 4.74 Å². The number of aromatic nitrogens is 1. The lowest BCUT2D eigenvalue weighted by Crippen LogP contribution is -2.40. The molecule has 1 aliphatic rings. The molecule has 0 aliphatic carbocycles. The van der Waals surface area contributed by atoms with Crippen LogP contribution in [0.3, 0.4) is 0 Å². The van der Waals surface area contributed by atoms with E-state index in [9.17, 15) is 13.2 Å². The molecule has 0 radical (unpaired) electrons. The first-order valence-electron chi connectivity index (χ1n) is 9.36. The third kappa shape index (κ3) is 6.89. The van der Waals surface area contributed by atoms with Crippen molar-refractivity contribution in [2.24, 2.45) is 4.99 Å². The van der Waals surface area contributed by atoms with Gasteiger partial charge in [0.25, 0.3) is 0 Å². The zero-order valence-electron chi connectivity index (χ0n) is 15.9. The van der Waals surface area contributed by atoms with Crippen LogP contribution in [0.4, 0.5) is 13.2 Å². The molecular weight excluding hydrogens is 359 g/mol. The highest BCUT2D eigenvalue weighted by atomic mass is 19.4. The molecule has 2 heterocycles. The number of rotatable bonds is 8. The highest BCUT2D eigenvalue weighted by molar-refractivity contribution is 5.79. The van der Waals surface area contributed by atoms with Crippen molar-refractivity contribution >= 4 is 5.96 Å². The molecule has 152 valence electrons. The summed E-state index contributed by atoms with van der Waals surface area (Å²) in [6.07, 6.45) is -1.24. The minimum Gasteiger partial charge on any atom is -0.476 e. The van der Waals surface area contributed by atoms with E-state index in [1.54, 1.807) is 0 Å². The molecule has 0 spiro atoms. The number of nitrogens with one attached hydrogen (secondary N) is 2. The van der Waals surface area contributed by atoms with Crippen LogP contribution in [0.5, 0.6) is 5.88 Å². The number of halogens is 3. The minimum absolute atomic E-state index is 0.163. The van der Waals surface area contributed by atoms with E-state index in [2.05, 4.69) is 32.4 Å². The first kappa shape index (κ1) is 21.3. The summed E-state index contributed by atoms with van der Waals surface area (Å²) in [4.78, 5) is 10.8. The third-order valence-electron chi connectivity index (χ3n) is 4.42. The Balaban J connectivity index is 1.76. The lowest BCUT2D eigenvalue weighted by atomic mass is 10.2. The highest BCUT2D eigenvalue weighted by Gasteiger charge is 2.30. The van der Waals surface area contributed by atoms with E-state index in [0.29, 0.717) is 18.5 Å². The fraction of sp³-hybridized carbons (Fsp3) is 0.667. The zero-order valence-corrected chi connectivity index (χ0v) is 15.9. The average Bonchev–Trinajstić information content (AvgIpc) is 3.10. The Kier molecular flexibility index (Phi) is 8.15. The molecule has 1 aromatic heterocycles. The number of alkyl halides is 3. The fourth-order valence-electron chi connectivity index (χ4n) is 3.02. The normalized spacial score (nSPS) is 18.6. The molecule has 1 atom stereocenters. The SMILES string of the molecule is CCNC(=NCC1CCCN1CC)NCCOc1ccc(C(F)(F)F)cn1. The van der Waals surface area contributed by atoms with Crippen LogP contribution in [-0.4, -0.2) is 61.2 Å². The van der Waals surface area contributed by atoms with E-state index in [1.165, 1.54) is 18.9 Å². The van der Waals surface area contributed by atoms with Gasteiger partial charge in [0.1, 0.15) is 6.61 Å². The molecule has 0 saturated carbocycles. The quantitative estimate of drug-likeness (QED) is 0.408. The van der Waals surface area contributed by atoms with Crippen molar-refractivity contribution in [3.05, 3.63) is 23.9 Å². The lowest BCUT2D eigenvalue weighted by Gasteiger charge is -2.21. The van der Waals surface area contributed by atoms with Crippen molar-refractivity contribution in [3.63, 3.8) is 0 Å². The summed E-state index contributed by atoms with van der Waals surface area (Å²) < 4.78 is 42.9. The van der Waals surface area contributed by atoms with E-state index < -0.39 is 11.7 Å². The summed E-state index contributed by atoms with van der Waals surface area (Å²) >= 11 is 0. The number of ether oxygens (including phenoxy) is 1. The van der Waals surface area contributed by atoms with Gasteiger partial charge in [0.05, 0.1) is 18.7 Å². The fourth-order valence-corrected chi connectivity index (χ4v) is 3.02. The molecule has 27 heavy (non-hydrogen) atoms. The Morgan fingerprint density at radius 2 is 2.15 bits per heavy atom. The predicted molar refractivity (Wildman–Crippen MR) is 99.0 cm³/mol. The van der Waals surface area contributed by atoms with Crippen LogP contribution >= 0.6 is 0 Å². The standard InChI is InChI=1S/C18H28F3N5O/c1-3-22-17(25-13-15-6-5-10-26(15)4-2)23-9-11-27-16-8-7-14(12-24-16)18(19,20)21/h7-8,12,15H,3-6,9-11,13H2,1-2H3,(H2,22,23,25). The Morgan fingerprint density at radius 3 is 2.78 bits per heavy atom. The Bertz CT molecular complexity index is 592. The predicted octanol–water partition coefficient (Wildman–Crippen LogP) is 2.52. The number of aliphatic imine (C=N–C) groups is 1. The summed E-state index contributed by atoms with van der Waals surface area (Å²) in [6.45, 7) is 8.56. The number of likely N-dealkylation sites (tertiary alicyclic amines) is 1. The first-order valence-corrected chi connectivity index (χ1v) is 9.36. The van der Waals surface area contributed by atoms with E-state index in [-0.39, 0.29) is 12.5 Å². The van der Waals surface area contributed by atoms with Crippen LogP contribution in [-0.2, 0) is 6.18 Å². The van der Waals surface area contributed by atoms with Gasteiger partial charge in [-0.1, -0.05) is 6.92 Å². The van der Waals surface area contributed by atoms with Crippen molar-refractivity contribution < 1.29 is 17.9 Å². The second-order valence-corrected chi connectivity index (χ2v) is 6.30. The maximum absolute atomic E-state index is 12.5. The number of likely N-dealkylation sites (N-methyl/N-ethyl adjacent to an activating group) is 1. The van der Waals surface area contributed by atoms with Crippen LogP contribution in [0.15, 0.2) is 23.3 Å². The second-order valence-electron chi connectivity index (χ2n) is 6.30. The molecule has 2 N–H and O–H groups in total. The largest absolute Gasteiger partial charge is 0.476 e. The summed E-state index contributed by atoms with van der Waals surface area (Å²) in [5, 5.41) is 6.36. The number of hydrogen-bond acceptors (Lipinski definition) is 4. The van der Waals surface area contributed by atoms with Gasteiger partial charge in [-0.15, -0.1) is 0 Å². The maximum Gasteiger partial charge on any atom is 0.417 e. The smallest absolute Gasteiger partial charge is 0.417 e. The van der Waals surface area contributed by atoms with E-state index in [0.717, 1.165) is 38.4 Å². The third-order valence-corrected chi connectivity index (χ3v) is 4.42. The van der Waals surface area contributed by atoms with Gasteiger partial charge in [-0.25, -0.2) is 4.98 Å². The molecule has 0 aromatic carbocycles. The Morgan fingerprint density at radius 1 is 1.33 bits per heavy atom. The van der Waals surface area contributed by atoms with Gasteiger partial charge >= 0.3 is 6.18 Å². The average molecular weight is 387 g/mol. The van der Waals surface area contributed by atoms with Crippen LogP contribution in [0.2, 0.25) is 0 Å². The molecule has 1 fully saturated rings. The van der Waals surface area contributed by atoms with E-state index in [1.807, 2.05) is 6.92 Å². The van der Waals surface area contributed by atoms with Gasteiger partial charge in [-0.05, 0) is 38.9 Å². The monoisotopic (exact) mass is 387 g/mol. The van der Waals surface area contributed by atoms with E-state index >= 15 is 0 Å². The first-order chi connectivity index (χ1) is 12.9. The minimum atomic E-state index is -4.39. The molecule has 0 bridgehead atoms. The zero-order chi connectivity index (χ0) is 19.7. The summed E-state index contributed by atoms with van der Waals surface area (Å²) in [5.74, 6) is 0.876. The molecule has 2 rings (SSSR count). The summed E-state index contributed by atoms with van der Waals surface area (Å²) in [6, 6.07) is 2.67. The van der Waals surface area contributed by atoms with Gasteiger partial charge in [0, 0.05) is 24.8 Å².